The Hall–Kier alpha value is -0.980. The Kier molecular flexibility index (Phi) is 6.52. The zero-order chi connectivity index (χ0) is 17.0. The molecule has 0 bridgehead atoms. The molecule has 1 rings (SSSR count). The van der Waals surface area contributed by atoms with E-state index in [1.54, 1.807) is 6.07 Å². The number of aliphatic hydroxyl groups is 1. The van der Waals surface area contributed by atoms with Crippen LogP contribution in [0.2, 0.25) is 0 Å². The fourth-order valence-corrected chi connectivity index (χ4v) is 3.08. The molecule has 0 fully saturated rings. The second kappa shape index (κ2) is 7.53. The molecule has 0 aliphatic heterocycles. The summed E-state index contributed by atoms with van der Waals surface area (Å²) in [5.41, 5.74) is 0.503. The molecule has 0 saturated carbocycles. The Morgan fingerprint density at radius 1 is 1.32 bits per heavy atom. The molecule has 0 heterocycles. The third-order valence-corrected chi connectivity index (χ3v) is 5.60. The molecule has 1 unspecified atom stereocenters. The van der Waals surface area contributed by atoms with E-state index >= 15 is 0 Å². The van der Waals surface area contributed by atoms with Crippen LogP contribution in [0.1, 0.15) is 45.2 Å². The fourth-order valence-electron chi connectivity index (χ4n) is 2.35. The molecular formula is C16H26FNO3S. The first-order valence-corrected chi connectivity index (χ1v) is 9.42. The van der Waals surface area contributed by atoms with Crippen molar-refractivity contribution in [3.8, 4) is 0 Å². The van der Waals surface area contributed by atoms with E-state index in [-0.39, 0.29) is 23.0 Å². The van der Waals surface area contributed by atoms with Gasteiger partial charge in [0.05, 0.1) is 0 Å². The van der Waals surface area contributed by atoms with Crippen LogP contribution in [0.3, 0.4) is 0 Å². The summed E-state index contributed by atoms with van der Waals surface area (Å²) in [6, 6.07) is 4.05. The lowest BCUT2D eigenvalue weighted by molar-refractivity contribution is 0.110. The molecule has 0 radical (unpaired) electrons. The highest BCUT2D eigenvalue weighted by molar-refractivity contribution is 7.90. The monoisotopic (exact) mass is 331 g/mol. The lowest BCUT2D eigenvalue weighted by atomic mass is 9.83. The van der Waals surface area contributed by atoms with Gasteiger partial charge in [-0.3, -0.25) is 0 Å². The maximum atomic E-state index is 13.9. The average molecular weight is 331 g/mol. The summed E-state index contributed by atoms with van der Waals surface area (Å²) < 4.78 is 36.8. The Morgan fingerprint density at radius 3 is 2.32 bits per heavy atom. The van der Waals surface area contributed by atoms with Crippen molar-refractivity contribution >= 4 is 9.84 Å². The summed E-state index contributed by atoms with van der Waals surface area (Å²) in [6.07, 6.45) is 2.69. The fraction of sp³-hybridized carbons (Fsp3) is 0.625. The van der Waals surface area contributed by atoms with Crippen LogP contribution in [0.25, 0.3) is 0 Å². The van der Waals surface area contributed by atoms with Gasteiger partial charge in [-0.05, 0) is 37.5 Å². The predicted octanol–water partition coefficient (Wildman–Crippen LogP) is 2.68. The second-order valence-corrected chi connectivity index (χ2v) is 7.91. The molecule has 1 atom stereocenters. The highest BCUT2D eigenvalue weighted by Gasteiger charge is 2.26. The summed E-state index contributed by atoms with van der Waals surface area (Å²) in [7, 11) is -3.55. The van der Waals surface area contributed by atoms with Gasteiger partial charge in [-0.25, -0.2) is 12.8 Å². The molecule has 0 spiro atoms. The number of halogens is 1. The Morgan fingerprint density at radius 2 is 1.91 bits per heavy atom. The minimum Gasteiger partial charge on any atom is -0.396 e. The van der Waals surface area contributed by atoms with E-state index in [2.05, 4.69) is 5.32 Å². The lowest BCUT2D eigenvalue weighted by Crippen LogP contribution is -2.37. The van der Waals surface area contributed by atoms with Gasteiger partial charge in [-0.1, -0.05) is 19.9 Å². The van der Waals surface area contributed by atoms with E-state index in [4.69, 9.17) is 0 Å². The number of rotatable bonds is 8. The normalized spacial score (nSPS) is 14.1. The van der Waals surface area contributed by atoms with Crippen molar-refractivity contribution in [2.24, 2.45) is 5.41 Å². The summed E-state index contributed by atoms with van der Waals surface area (Å²) in [4.78, 5) is -0.282. The van der Waals surface area contributed by atoms with Gasteiger partial charge in [0, 0.05) is 30.9 Å². The highest BCUT2D eigenvalue weighted by atomic mass is 32.2. The highest BCUT2D eigenvalue weighted by Crippen LogP contribution is 2.26. The van der Waals surface area contributed by atoms with E-state index in [1.807, 2.05) is 20.8 Å². The summed E-state index contributed by atoms with van der Waals surface area (Å²) >= 11 is 0. The van der Waals surface area contributed by atoms with Crippen LogP contribution in [0.15, 0.2) is 23.1 Å². The maximum absolute atomic E-state index is 13.9. The Labute approximate surface area is 132 Å². The molecule has 126 valence electrons. The zero-order valence-corrected chi connectivity index (χ0v) is 14.5. The van der Waals surface area contributed by atoms with Crippen LogP contribution in [0.4, 0.5) is 4.39 Å². The summed E-state index contributed by atoms with van der Waals surface area (Å²) in [5, 5.41) is 12.9. The number of hydrogen-bond acceptors (Lipinski definition) is 4. The van der Waals surface area contributed by atoms with Crippen molar-refractivity contribution in [2.75, 3.05) is 19.4 Å². The van der Waals surface area contributed by atoms with Gasteiger partial charge >= 0.3 is 0 Å². The first-order valence-electron chi connectivity index (χ1n) is 7.53. The molecule has 0 saturated heterocycles. The van der Waals surface area contributed by atoms with Gasteiger partial charge in [0.25, 0.3) is 0 Å². The third kappa shape index (κ3) is 4.51. The summed E-state index contributed by atoms with van der Waals surface area (Å²) in [6.45, 7) is 6.68. The number of benzene rings is 1. The van der Waals surface area contributed by atoms with Gasteiger partial charge < -0.3 is 10.4 Å². The van der Waals surface area contributed by atoms with Crippen molar-refractivity contribution in [2.45, 2.75) is 44.6 Å². The molecule has 6 heteroatoms. The van der Waals surface area contributed by atoms with Crippen LogP contribution >= 0.6 is 0 Å². The molecular weight excluding hydrogens is 305 g/mol. The first-order chi connectivity index (χ1) is 10.2. The average Bonchev–Trinajstić information content (AvgIpc) is 2.47. The summed E-state index contributed by atoms with van der Waals surface area (Å²) in [5.74, 6) is -0.729. The largest absolute Gasteiger partial charge is 0.396 e. The number of sulfone groups is 1. The van der Waals surface area contributed by atoms with Crippen LogP contribution in [-0.2, 0) is 9.84 Å². The predicted molar refractivity (Wildman–Crippen MR) is 86.0 cm³/mol. The molecule has 0 aliphatic carbocycles. The minimum atomic E-state index is -3.55. The third-order valence-electron chi connectivity index (χ3n) is 4.47. The Bertz CT molecular complexity index is 589. The van der Waals surface area contributed by atoms with E-state index in [9.17, 15) is 17.9 Å². The van der Waals surface area contributed by atoms with Crippen LogP contribution in [-0.4, -0.2) is 32.9 Å². The van der Waals surface area contributed by atoms with Crippen LogP contribution in [0, 0.1) is 11.2 Å². The van der Waals surface area contributed by atoms with Crippen molar-refractivity contribution < 1.29 is 17.9 Å². The molecule has 0 amide bonds. The maximum Gasteiger partial charge on any atom is 0.178 e. The first kappa shape index (κ1) is 19.1. The van der Waals surface area contributed by atoms with Crippen molar-refractivity contribution in [3.63, 3.8) is 0 Å². The number of hydrogen-bond donors (Lipinski definition) is 2. The van der Waals surface area contributed by atoms with Crippen LogP contribution < -0.4 is 5.32 Å². The van der Waals surface area contributed by atoms with Gasteiger partial charge in [0.15, 0.2) is 9.84 Å². The van der Waals surface area contributed by atoms with Crippen molar-refractivity contribution in [1.82, 2.24) is 5.32 Å². The topological polar surface area (TPSA) is 66.4 Å². The number of nitrogens with one attached hydrogen (secondary N) is 1. The van der Waals surface area contributed by atoms with E-state index in [0.717, 1.165) is 19.1 Å². The van der Waals surface area contributed by atoms with Gasteiger partial charge in [0.2, 0.25) is 0 Å². The lowest BCUT2D eigenvalue weighted by Gasteiger charge is -2.31. The van der Waals surface area contributed by atoms with Gasteiger partial charge in [-0.15, -0.1) is 0 Å². The molecule has 2 N–H and O–H groups in total. The van der Waals surface area contributed by atoms with Crippen molar-refractivity contribution in [1.29, 1.82) is 0 Å². The van der Waals surface area contributed by atoms with E-state index in [1.165, 1.54) is 12.1 Å². The van der Waals surface area contributed by atoms with E-state index < -0.39 is 15.7 Å². The Balaban J connectivity index is 2.87. The van der Waals surface area contributed by atoms with Gasteiger partial charge in [-0.2, -0.15) is 0 Å². The number of aliphatic hydroxyl groups excluding tert-OH is 1. The minimum absolute atomic E-state index is 0.0983. The zero-order valence-electron chi connectivity index (χ0n) is 13.7. The molecule has 22 heavy (non-hydrogen) atoms. The van der Waals surface area contributed by atoms with Crippen molar-refractivity contribution in [3.05, 3.63) is 29.6 Å². The molecule has 0 aliphatic rings. The van der Waals surface area contributed by atoms with Gasteiger partial charge in [0.1, 0.15) is 10.7 Å². The quantitative estimate of drug-likeness (QED) is 0.768. The molecule has 1 aromatic carbocycles. The smallest absolute Gasteiger partial charge is 0.178 e. The molecule has 4 nitrogen and oxygen atoms in total. The second-order valence-electron chi connectivity index (χ2n) is 5.93. The SMILES string of the molecule is CCC(CC)(CO)CNC(C)c1ccc(S(C)(=O)=O)c(F)c1. The van der Waals surface area contributed by atoms with E-state index in [0.29, 0.717) is 12.1 Å². The van der Waals surface area contributed by atoms with Crippen LogP contribution in [0.5, 0.6) is 0 Å². The standard InChI is InChI=1S/C16H26FNO3S/c1-5-16(6-2,11-19)10-18-12(3)13-7-8-15(14(17)9-13)22(4,20)21/h7-9,12,18-19H,5-6,10-11H2,1-4H3. The molecule has 1 aromatic rings. The molecule has 0 aromatic heterocycles.